The van der Waals surface area contributed by atoms with Crippen molar-refractivity contribution < 1.29 is 14.3 Å². The minimum absolute atomic E-state index is 0.203. The molecule has 0 bridgehead atoms. The quantitative estimate of drug-likeness (QED) is 0.368. The second-order valence-electron chi connectivity index (χ2n) is 4.20. The lowest BCUT2D eigenvalue weighted by Crippen LogP contribution is -2.02. The third-order valence-electron chi connectivity index (χ3n) is 2.63. The van der Waals surface area contributed by atoms with Crippen molar-refractivity contribution in [3.8, 4) is 0 Å². The molecular weight excluding hydrogens is 252 g/mol. The van der Waals surface area contributed by atoms with Gasteiger partial charge in [0.2, 0.25) is 0 Å². The maximum absolute atomic E-state index is 12.1. The fourth-order valence-electron chi connectivity index (χ4n) is 1.73. The van der Waals surface area contributed by atoms with Crippen LogP contribution in [0.4, 0.5) is 0 Å². The summed E-state index contributed by atoms with van der Waals surface area (Å²) in [6.45, 7) is 1.31. The van der Waals surface area contributed by atoms with Crippen molar-refractivity contribution in [2.24, 2.45) is 0 Å². The predicted octanol–water partition coefficient (Wildman–Crippen LogP) is 3.47. The molecule has 0 N–H and O–H groups in total. The first kappa shape index (κ1) is 13.7. The summed E-state index contributed by atoms with van der Waals surface area (Å²) >= 11 is 0. The van der Waals surface area contributed by atoms with Crippen LogP contribution in [0.1, 0.15) is 22.8 Å². The average Bonchev–Trinajstić information content (AvgIpc) is 2.48. The second-order valence-corrected chi connectivity index (χ2v) is 4.20. The monoisotopic (exact) mass is 266 g/mol. The van der Waals surface area contributed by atoms with Crippen molar-refractivity contribution >= 4 is 17.5 Å². The number of carbonyl (C=O) groups excluding carboxylic acids is 2. The van der Waals surface area contributed by atoms with Gasteiger partial charge in [0, 0.05) is 24.1 Å². The molecule has 0 aliphatic rings. The summed E-state index contributed by atoms with van der Waals surface area (Å²) in [7, 11) is 0. The van der Waals surface area contributed by atoms with Crippen LogP contribution in [0.15, 0.2) is 66.7 Å². The molecule has 0 amide bonds. The van der Waals surface area contributed by atoms with Crippen LogP contribution in [0.2, 0.25) is 0 Å². The van der Waals surface area contributed by atoms with Crippen LogP contribution in [0.5, 0.6) is 0 Å². The van der Waals surface area contributed by atoms with Gasteiger partial charge in [-0.2, -0.15) is 0 Å². The standard InChI is InChI=1S/C17H14O3/c1-13(18)20-17(15-10-6-3-7-11-15)12-16(19)14-8-4-2-5-9-14/h2-12H,1H3/b17-12+. The van der Waals surface area contributed by atoms with Crippen molar-refractivity contribution in [3.63, 3.8) is 0 Å². The van der Waals surface area contributed by atoms with Crippen LogP contribution in [0.25, 0.3) is 5.76 Å². The SMILES string of the molecule is CC(=O)O/C(=C/C(=O)c1ccccc1)c1ccccc1. The van der Waals surface area contributed by atoms with E-state index < -0.39 is 5.97 Å². The zero-order valence-electron chi connectivity index (χ0n) is 11.1. The van der Waals surface area contributed by atoms with E-state index in [1.54, 1.807) is 36.4 Å². The van der Waals surface area contributed by atoms with Gasteiger partial charge >= 0.3 is 5.97 Å². The van der Waals surface area contributed by atoms with Gasteiger partial charge in [0.25, 0.3) is 0 Å². The van der Waals surface area contributed by atoms with Gasteiger partial charge in [-0.3, -0.25) is 9.59 Å². The minimum atomic E-state index is -0.457. The molecule has 100 valence electrons. The van der Waals surface area contributed by atoms with Crippen LogP contribution in [-0.2, 0) is 9.53 Å². The minimum Gasteiger partial charge on any atom is -0.426 e. The highest BCUT2D eigenvalue weighted by atomic mass is 16.5. The van der Waals surface area contributed by atoms with Gasteiger partial charge in [0.05, 0.1) is 0 Å². The molecule has 0 atom stereocenters. The number of carbonyl (C=O) groups is 2. The molecular formula is C17H14O3. The van der Waals surface area contributed by atoms with Crippen molar-refractivity contribution in [1.82, 2.24) is 0 Å². The van der Waals surface area contributed by atoms with E-state index in [9.17, 15) is 9.59 Å². The molecule has 0 aliphatic carbocycles. The molecule has 0 aliphatic heterocycles. The lowest BCUT2D eigenvalue weighted by atomic mass is 10.1. The Morgan fingerprint density at radius 2 is 1.35 bits per heavy atom. The largest absolute Gasteiger partial charge is 0.426 e. The first-order valence-corrected chi connectivity index (χ1v) is 6.22. The Morgan fingerprint density at radius 3 is 1.85 bits per heavy atom. The molecule has 20 heavy (non-hydrogen) atoms. The molecule has 0 fully saturated rings. The molecule has 0 aromatic heterocycles. The van der Waals surface area contributed by atoms with Crippen LogP contribution in [0.3, 0.4) is 0 Å². The van der Waals surface area contributed by atoms with Crippen molar-refractivity contribution in [2.45, 2.75) is 6.92 Å². The normalized spacial score (nSPS) is 10.9. The zero-order valence-corrected chi connectivity index (χ0v) is 11.1. The Labute approximate surface area is 117 Å². The maximum atomic E-state index is 12.1. The summed E-state index contributed by atoms with van der Waals surface area (Å²) in [5.74, 6) is -0.404. The van der Waals surface area contributed by atoms with E-state index >= 15 is 0 Å². The Morgan fingerprint density at radius 1 is 0.850 bits per heavy atom. The number of hydrogen-bond acceptors (Lipinski definition) is 3. The molecule has 0 unspecified atom stereocenters. The summed E-state index contributed by atoms with van der Waals surface area (Å²) in [6, 6.07) is 17.9. The highest BCUT2D eigenvalue weighted by Gasteiger charge is 2.10. The van der Waals surface area contributed by atoms with Crippen molar-refractivity contribution in [3.05, 3.63) is 77.9 Å². The Hall–Kier alpha value is -2.68. The van der Waals surface area contributed by atoms with Crippen LogP contribution < -0.4 is 0 Å². The molecule has 2 rings (SSSR count). The highest BCUT2D eigenvalue weighted by Crippen LogP contribution is 2.17. The molecule has 0 radical (unpaired) electrons. The lowest BCUT2D eigenvalue weighted by Gasteiger charge is -2.07. The zero-order chi connectivity index (χ0) is 14.4. The topological polar surface area (TPSA) is 43.4 Å². The number of ether oxygens (including phenoxy) is 1. The molecule has 3 heteroatoms. The van der Waals surface area contributed by atoms with E-state index in [1.165, 1.54) is 13.0 Å². The van der Waals surface area contributed by atoms with Gasteiger partial charge in [-0.15, -0.1) is 0 Å². The van der Waals surface area contributed by atoms with Crippen molar-refractivity contribution in [2.75, 3.05) is 0 Å². The number of allylic oxidation sites excluding steroid dienone is 1. The Bertz CT molecular complexity index is 628. The molecule has 0 heterocycles. The van der Waals surface area contributed by atoms with E-state index in [2.05, 4.69) is 0 Å². The predicted molar refractivity (Wildman–Crippen MR) is 77.0 cm³/mol. The third-order valence-corrected chi connectivity index (χ3v) is 2.63. The maximum Gasteiger partial charge on any atom is 0.308 e. The summed E-state index contributed by atoms with van der Waals surface area (Å²) in [5, 5.41) is 0. The molecule has 3 nitrogen and oxygen atoms in total. The Kier molecular flexibility index (Phi) is 4.45. The summed E-state index contributed by atoms with van der Waals surface area (Å²) in [4.78, 5) is 23.3. The molecule has 2 aromatic carbocycles. The molecule has 0 saturated carbocycles. The molecule has 2 aromatic rings. The number of benzene rings is 2. The first-order chi connectivity index (χ1) is 9.66. The Balaban J connectivity index is 2.34. The van der Waals surface area contributed by atoms with Crippen molar-refractivity contribution in [1.29, 1.82) is 0 Å². The summed E-state index contributed by atoms with van der Waals surface area (Å²) < 4.78 is 5.13. The average molecular weight is 266 g/mol. The van der Waals surface area contributed by atoms with Crippen LogP contribution in [0, 0.1) is 0 Å². The molecule has 0 saturated heterocycles. The van der Waals surface area contributed by atoms with Gasteiger partial charge in [-0.05, 0) is 0 Å². The van der Waals surface area contributed by atoms with Crippen LogP contribution >= 0.6 is 0 Å². The van der Waals surface area contributed by atoms with Gasteiger partial charge in [-0.1, -0.05) is 60.7 Å². The highest BCUT2D eigenvalue weighted by molar-refractivity contribution is 6.08. The number of rotatable bonds is 4. The van der Waals surface area contributed by atoms with E-state index in [0.29, 0.717) is 11.1 Å². The van der Waals surface area contributed by atoms with Gasteiger partial charge in [-0.25, -0.2) is 0 Å². The van der Waals surface area contributed by atoms with Gasteiger partial charge < -0.3 is 4.74 Å². The molecule has 0 spiro atoms. The number of ketones is 1. The number of esters is 1. The summed E-state index contributed by atoms with van der Waals surface area (Å²) in [6.07, 6.45) is 1.34. The van der Waals surface area contributed by atoms with Gasteiger partial charge in [0.1, 0.15) is 5.76 Å². The fraction of sp³-hybridized carbons (Fsp3) is 0.0588. The first-order valence-electron chi connectivity index (χ1n) is 6.22. The third kappa shape index (κ3) is 3.65. The van der Waals surface area contributed by atoms with E-state index in [0.717, 1.165) is 0 Å². The second kappa shape index (κ2) is 6.48. The van der Waals surface area contributed by atoms with E-state index in [4.69, 9.17) is 4.74 Å². The number of hydrogen-bond donors (Lipinski definition) is 0. The van der Waals surface area contributed by atoms with E-state index in [-0.39, 0.29) is 11.5 Å². The van der Waals surface area contributed by atoms with Crippen LogP contribution in [-0.4, -0.2) is 11.8 Å². The lowest BCUT2D eigenvalue weighted by molar-refractivity contribution is -0.134. The van der Waals surface area contributed by atoms with E-state index in [1.807, 2.05) is 24.3 Å². The van der Waals surface area contributed by atoms with Gasteiger partial charge in [0.15, 0.2) is 5.78 Å². The fourth-order valence-corrected chi connectivity index (χ4v) is 1.73. The summed E-state index contributed by atoms with van der Waals surface area (Å²) in [5.41, 5.74) is 1.24. The smallest absolute Gasteiger partial charge is 0.308 e.